The van der Waals surface area contributed by atoms with Crippen LogP contribution in [0.3, 0.4) is 0 Å². The van der Waals surface area contributed by atoms with Gasteiger partial charge in [0.1, 0.15) is 17.5 Å². The molecule has 0 aromatic rings. The van der Waals surface area contributed by atoms with Gasteiger partial charge in [-0.25, -0.2) is 0 Å². The first-order chi connectivity index (χ1) is 7.15. The molecule has 84 valence electrons. The van der Waals surface area contributed by atoms with Gasteiger partial charge in [0.25, 0.3) is 0 Å². The van der Waals surface area contributed by atoms with Crippen LogP contribution in [0, 0.1) is 11.3 Å². The molecule has 0 atom stereocenters. The van der Waals surface area contributed by atoms with Gasteiger partial charge in [-0.3, -0.25) is 0 Å². The van der Waals surface area contributed by atoms with E-state index in [1.165, 1.54) is 0 Å². The Morgan fingerprint density at radius 1 is 1.40 bits per heavy atom. The molecule has 0 amide bonds. The fourth-order valence-electron chi connectivity index (χ4n) is 1.40. The first-order valence-electron chi connectivity index (χ1n) is 5.50. The van der Waals surface area contributed by atoms with Crippen molar-refractivity contribution in [3.05, 3.63) is 11.8 Å². The lowest BCUT2D eigenvalue weighted by Gasteiger charge is -2.19. The van der Waals surface area contributed by atoms with Crippen molar-refractivity contribution >= 4 is 5.78 Å². The van der Waals surface area contributed by atoms with Crippen LogP contribution < -0.4 is 0 Å². The van der Waals surface area contributed by atoms with E-state index in [1.54, 1.807) is 6.92 Å². The number of hydrogen-bond donors (Lipinski definition) is 0. The van der Waals surface area contributed by atoms with E-state index < -0.39 is 0 Å². The van der Waals surface area contributed by atoms with E-state index in [1.807, 2.05) is 24.8 Å². The Balaban J connectivity index is 4.11. The van der Waals surface area contributed by atoms with Crippen LogP contribution in [-0.4, -0.2) is 23.8 Å². The zero-order valence-electron chi connectivity index (χ0n) is 9.92. The average Bonchev–Trinajstić information content (AvgIpc) is 2.22. The molecule has 0 aliphatic heterocycles. The number of Topliss-reactive ketones (excluding diaryl/α,β-unsaturated/α-hetero) is 1. The number of carbonyl (C=O) groups excluding carboxylic acids is 1. The molecule has 0 aromatic carbocycles. The van der Waals surface area contributed by atoms with E-state index in [0.29, 0.717) is 6.42 Å². The van der Waals surface area contributed by atoms with Crippen molar-refractivity contribution in [2.75, 3.05) is 13.1 Å². The monoisotopic (exact) mass is 208 g/mol. The minimum atomic E-state index is 0.213. The predicted molar refractivity (Wildman–Crippen MR) is 61.1 cm³/mol. The maximum Gasteiger partial charge on any atom is 0.129 e. The van der Waals surface area contributed by atoms with Crippen LogP contribution >= 0.6 is 0 Å². The van der Waals surface area contributed by atoms with Gasteiger partial charge in [-0.15, -0.1) is 0 Å². The molecule has 0 spiro atoms. The van der Waals surface area contributed by atoms with Crippen LogP contribution in [0.25, 0.3) is 0 Å². The van der Waals surface area contributed by atoms with Crippen LogP contribution in [0.1, 0.15) is 40.0 Å². The molecule has 0 saturated heterocycles. The summed E-state index contributed by atoms with van der Waals surface area (Å²) in [6, 6.07) is 2.19. The van der Waals surface area contributed by atoms with Crippen LogP contribution in [0.4, 0.5) is 0 Å². The van der Waals surface area contributed by atoms with E-state index >= 15 is 0 Å². The quantitative estimate of drug-likeness (QED) is 0.477. The van der Waals surface area contributed by atoms with Crippen molar-refractivity contribution < 1.29 is 4.79 Å². The number of carbonyl (C=O) groups is 1. The number of unbranched alkanes of at least 4 members (excludes halogenated alkanes) is 1. The number of nitrogens with zero attached hydrogens (tertiary/aromatic N) is 2. The maximum absolute atomic E-state index is 10.7. The molecule has 15 heavy (non-hydrogen) atoms. The molecule has 0 rings (SSSR count). The molecule has 0 unspecified atom stereocenters. The van der Waals surface area contributed by atoms with E-state index in [4.69, 9.17) is 5.26 Å². The molecule has 0 aliphatic carbocycles. The molecular formula is C12H20N2O. The van der Waals surface area contributed by atoms with Gasteiger partial charge in [-0.2, -0.15) is 5.26 Å². The third-order valence-corrected chi connectivity index (χ3v) is 2.29. The van der Waals surface area contributed by atoms with Crippen molar-refractivity contribution in [3.63, 3.8) is 0 Å². The molecule has 0 N–H and O–H groups in total. The van der Waals surface area contributed by atoms with E-state index in [2.05, 4.69) is 6.07 Å². The summed E-state index contributed by atoms with van der Waals surface area (Å²) in [5.74, 6) is 0.213. The average molecular weight is 208 g/mol. The molecule has 3 heteroatoms. The summed E-state index contributed by atoms with van der Waals surface area (Å²) in [6.07, 6.45) is 4.17. The molecule has 3 nitrogen and oxygen atoms in total. The first-order valence-corrected chi connectivity index (χ1v) is 5.50. The molecule has 0 heterocycles. The summed E-state index contributed by atoms with van der Waals surface area (Å²) in [7, 11) is 0. The lowest BCUT2D eigenvalue weighted by Crippen LogP contribution is -2.21. The fourth-order valence-corrected chi connectivity index (χ4v) is 1.40. The molecular weight excluding hydrogens is 188 g/mol. The Bertz CT molecular complexity index is 259. The van der Waals surface area contributed by atoms with E-state index in [9.17, 15) is 4.79 Å². The number of nitriles is 1. The second kappa shape index (κ2) is 8.05. The maximum atomic E-state index is 10.7. The van der Waals surface area contributed by atoms with Gasteiger partial charge in [-0.05, 0) is 33.6 Å². The lowest BCUT2D eigenvalue weighted by molar-refractivity contribution is -0.117. The van der Waals surface area contributed by atoms with Gasteiger partial charge >= 0.3 is 0 Å². The lowest BCUT2D eigenvalue weighted by atomic mass is 10.1. The van der Waals surface area contributed by atoms with Crippen molar-refractivity contribution in [2.45, 2.75) is 40.0 Å². The Kier molecular flexibility index (Phi) is 7.35. The van der Waals surface area contributed by atoms with Crippen molar-refractivity contribution in [3.8, 4) is 6.07 Å². The summed E-state index contributed by atoms with van der Waals surface area (Å²) in [6.45, 7) is 7.36. The van der Waals surface area contributed by atoms with Crippen LogP contribution in [0.15, 0.2) is 11.8 Å². The SMILES string of the molecule is CCN(CC)C(C#N)=CCCCC(C)=O. The molecule has 0 saturated carbocycles. The summed E-state index contributed by atoms with van der Waals surface area (Å²) in [4.78, 5) is 12.7. The highest BCUT2D eigenvalue weighted by Gasteiger charge is 2.03. The zero-order chi connectivity index (χ0) is 11.7. The highest BCUT2D eigenvalue weighted by atomic mass is 16.1. The Hall–Kier alpha value is -1.30. The third-order valence-electron chi connectivity index (χ3n) is 2.29. The normalized spacial score (nSPS) is 10.9. The van der Waals surface area contributed by atoms with E-state index in [-0.39, 0.29) is 5.78 Å². The van der Waals surface area contributed by atoms with E-state index in [0.717, 1.165) is 31.6 Å². The second-order valence-electron chi connectivity index (χ2n) is 3.47. The summed E-state index contributed by atoms with van der Waals surface area (Å²) < 4.78 is 0. The number of allylic oxidation sites excluding steroid dienone is 2. The molecule has 0 radical (unpaired) electrons. The van der Waals surface area contributed by atoms with Gasteiger partial charge in [-0.1, -0.05) is 6.08 Å². The molecule has 0 fully saturated rings. The van der Waals surface area contributed by atoms with Crippen LogP contribution in [0.5, 0.6) is 0 Å². The highest BCUT2D eigenvalue weighted by Crippen LogP contribution is 2.06. The minimum absolute atomic E-state index is 0.213. The van der Waals surface area contributed by atoms with Crippen molar-refractivity contribution in [1.82, 2.24) is 4.90 Å². The number of ketones is 1. The summed E-state index contributed by atoms with van der Waals surface area (Å²) in [5, 5.41) is 8.94. The number of hydrogen-bond acceptors (Lipinski definition) is 3. The Morgan fingerprint density at radius 2 is 2.00 bits per heavy atom. The van der Waals surface area contributed by atoms with Gasteiger partial charge in [0.15, 0.2) is 0 Å². The Labute approximate surface area is 92.4 Å². The minimum Gasteiger partial charge on any atom is -0.364 e. The third kappa shape index (κ3) is 5.90. The van der Waals surface area contributed by atoms with Gasteiger partial charge < -0.3 is 9.69 Å². The zero-order valence-corrected chi connectivity index (χ0v) is 9.92. The van der Waals surface area contributed by atoms with Crippen molar-refractivity contribution in [1.29, 1.82) is 5.26 Å². The summed E-state index contributed by atoms with van der Waals surface area (Å²) >= 11 is 0. The smallest absolute Gasteiger partial charge is 0.129 e. The van der Waals surface area contributed by atoms with Crippen molar-refractivity contribution in [2.24, 2.45) is 0 Å². The standard InChI is InChI=1S/C12H20N2O/c1-4-14(5-2)12(10-13)9-7-6-8-11(3)15/h9H,4-8H2,1-3H3. The number of rotatable bonds is 7. The highest BCUT2D eigenvalue weighted by molar-refractivity contribution is 5.75. The van der Waals surface area contributed by atoms with Gasteiger partial charge in [0, 0.05) is 19.5 Å². The molecule has 0 aliphatic rings. The predicted octanol–water partition coefficient (Wildman–Crippen LogP) is 2.49. The fraction of sp³-hybridized carbons (Fsp3) is 0.667. The molecule has 0 aromatic heterocycles. The van der Waals surface area contributed by atoms with Gasteiger partial charge in [0.2, 0.25) is 0 Å². The first kappa shape index (κ1) is 13.7. The second-order valence-corrected chi connectivity index (χ2v) is 3.47. The van der Waals surface area contributed by atoms with Crippen LogP contribution in [-0.2, 0) is 4.79 Å². The van der Waals surface area contributed by atoms with Gasteiger partial charge in [0.05, 0.1) is 0 Å². The topological polar surface area (TPSA) is 44.1 Å². The largest absolute Gasteiger partial charge is 0.364 e. The Morgan fingerprint density at radius 3 is 2.40 bits per heavy atom. The summed E-state index contributed by atoms with van der Waals surface area (Å²) in [5.41, 5.74) is 0.726. The molecule has 0 bridgehead atoms. The van der Waals surface area contributed by atoms with Crippen LogP contribution in [0.2, 0.25) is 0 Å².